The van der Waals surface area contributed by atoms with E-state index >= 15 is 0 Å². The SMILES string of the molecule is COc1ccc(C(N[C@H](C)c2cccc(F)c2)c2cccc(Nc3c(O)c(=O)c3=O)c2)cc1. The number of hydrogen-bond donors (Lipinski definition) is 3. The molecule has 4 rings (SSSR count). The van der Waals surface area contributed by atoms with Crippen LogP contribution < -0.4 is 26.2 Å². The lowest BCUT2D eigenvalue weighted by molar-refractivity contribution is 0.414. The van der Waals surface area contributed by atoms with Crippen LogP contribution in [0.2, 0.25) is 0 Å². The van der Waals surface area contributed by atoms with Crippen LogP contribution in [0, 0.1) is 5.82 Å². The fourth-order valence-corrected chi connectivity index (χ4v) is 3.74. The number of ether oxygens (including phenoxy) is 1. The molecule has 3 N–H and O–H groups in total. The van der Waals surface area contributed by atoms with Crippen LogP contribution in [0.3, 0.4) is 0 Å². The zero-order chi connectivity index (χ0) is 23.5. The molecule has 7 heteroatoms. The van der Waals surface area contributed by atoms with E-state index in [2.05, 4.69) is 10.6 Å². The van der Waals surface area contributed by atoms with Gasteiger partial charge >= 0.3 is 0 Å². The van der Waals surface area contributed by atoms with E-state index in [-0.39, 0.29) is 23.6 Å². The third-order valence-electron chi connectivity index (χ3n) is 5.59. The van der Waals surface area contributed by atoms with Crippen LogP contribution in [0.4, 0.5) is 15.8 Å². The highest BCUT2D eigenvalue weighted by molar-refractivity contribution is 5.69. The molecule has 1 unspecified atom stereocenters. The number of halogens is 1. The lowest BCUT2D eigenvalue weighted by Gasteiger charge is -2.25. The lowest BCUT2D eigenvalue weighted by Crippen LogP contribution is -2.32. The van der Waals surface area contributed by atoms with E-state index in [1.54, 1.807) is 19.2 Å². The normalized spacial score (nSPS) is 12.9. The average Bonchev–Trinajstić information content (AvgIpc) is 2.85. The second-order valence-corrected chi connectivity index (χ2v) is 7.78. The molecule has 4 aromatic carbocycles. The molecule has 0 heterocycles. The van der Waals surface area contributed by atoms with Crippen molar-refractivity contribution < 1.29 is 14.2 Å². The molecular weight excluding hydrogens is 423 g/mol. The number of nitrogens with one attached hydrogen (secondary N) is 2. The number of anilines is 2. The highest BCUT2D eigenvalue weighted by Crippen LogP contribution is 2.30. The molecule has 0 saturated heterocycles. The van der Waals surface area contributed by atoms with Crippen molar-refractivity contribution in [3.63, 3.8) is 0 Å². The zero-order valence-corrected chi connectivity index (χ0v) is 18.1. The quantitative estimate of drug-likeness (QED) is 0.350. The molecule has 0 aliphatic heterocycles. The summed E-state index contributed by atoms with van der Waals surface area (Å²) in [5.74, 6) is -0.141. The summed E-state index contributed by atoms with van der Waals surface area (Å²) >= 11 is 0. The zero-order valence-electron chi connectivity index (χ0n) is 18.1. The molecule has 2 atom stereocenters. The third-order valence-corrected chi connectivity index (χ3v) is 5.59. The van der Waals surface area contributed by atoms with Gasteiger partial charge in [-0.15, -0.1) is 0 Å². The average molecular weight is 446 g/mol. The van der Waals surface area contributed by atoms with Gasteiger partial charge in [0.2, 0.25) is 0 Å². The van der Waals surface area contributed by atoms with Crippen molar-refractivity contribution in [1.82, 2.24) is 5.32 Å². The van der Waals surface area contributed by atoms with Gasteiger partial charge in [0.15, 0.2) is 5.75 Å². The van der Waals surface area contributed by atoms with Crippen molar-refractivity contribution in [1.29, 1.82) is 0 Å². The monoisotopic (exact) mass is 446 g/mol. The summed E-state index contributed by atoms with van der Waals surface area (Å²) in [4.78, 5) is 23.0. The first-order chi connectivity index (χ1) is 15.9. The van der Waals surface area contributed by atoms with Gasteiger partial charge in [0.25, 0.3) is 10.9 Å². The van der Waals surface area contributed by atoms with Gasteiger partial charge in [-0.2, -0.15) is 0 Å². The molecule has 33 heavy (non-hydrogen) atoms. The van der Waals surface area contributed by atoms with Crippen LogP contribution in [-0.4, -0.2) is 12.2 Å². The van der Waals surface area contributed by atoms with Crippen LogP contribution >= 0.6 is 0 Å². The van der Waals surface area contributed by atoms with Crippen molar-refractivity contribution in [3.8, 4) is 11.5 Å². The molecule has 0 radical (unpaired) electrons. The minimum atomic E-state index is -0.893. The highest BCUT2D eigenvalue weighted by atomic mass is 19.1. The summed E-state index contributed by atoms with van der Waals surface area (Å²) in [5.41, 5.74) is 1.42. The van der Waals surface area contributed by atoms with Crippen LogP contribution in [0.1, 0.15) is 35.7 Å². The maximum atomic E-state index is 13.8. The van der Waals surface area contributed by atoms with E-state index in [9.17, 15) is 19.1 Å². The minimum absolute atomic E-state index is 0.112. The Hall–Kier alpha value is -3.97. The second kappa shape index (κ2) is 9.26. The lowest BCUT2D eigenvalue weighted by atomic mass is 9.96. The van der Waals surface area contributed by atoms with E-state index in [4.69, 9.17) is 4.74 Å². The standard InChI is InChI=1S/C26H23FN2O4/c1-15(17-5-3-7-19(27)13-17)28-22(16-9-11-21(33-2)12-10-16)18-6-4-8-20(14-18)29-23-24(30)26(32)25(23)31/h3-15,22,28-30H,1-2H3/t15-,22?/m1/s1. The molecular formula is C26H23FN2O4. The number of hydrogen-bond acceptors (Lipinski definition) is 6. The van der Waals surface area contributed by atoms with Crippen molar-refractivity contribution in [2.75, 3.05) is 12.4 Å². The molecule has 0 spiro atoms. The Morgan fingerprint density at radius 2 is 1.58 bits per heavy atom. The van der Waals surface area contributed by atoms with Gasteiger partial charge in [0, 0.05) is 11.7 Å². The first-order valence-electron chi connectivity index (χ1n) is 10.4. The molecule has 0 aliphatic carbocycles. The Balaban J connectivity index is 1.68. The van der Waals surface area contributed by atoms with Crippen LogP contribution in [-0.2, 0) is 0 Å². The van der Waals surface area contributed by atoms with Gasteiger partial charge in [-0.05, 0) is 60.0 Å². The Kier molecular flexibility index (Phi) is 6.24. The topological polar surface area (TPSA) is 87.7 Å². The van der Waals surface area contributed by atoms with Crippen molar-refractivity contribution >= 4 is 11.4 Å². The van der Waals surface area contributed by atoms with Gasteiger partial charge in [0.05, 0.1) is 13.2 Å². The van der Waals surface area contributed by atoms with Crippen molar-refractivity contribution in [2.45, 2.75) is 19.0 Å². The van der Waals surface area contributed by atoms with Crippen molar-refractivity contribution in [3.05, 3.63) is 116 Å². The number of aromatic hydroxyl groups is 1. The summed E-state index contributed by atoms with van der Waals surface area (Å²) in [6.07, 6.45) is 0. The second-order valence-electron chi connectivity index (χ2n) is 7.78. The predicted octanol–water partition coefficient (Wildman–Crippen LogP) is 4.32. The van der Waals surface area contributed by atoms with E-state index in [0.29, 0.717) is 5.69 Å². The maximum absolute atomic E-state index is 13.8. The van der Waals surface area contributed by atoms with E-state index in [0.717, 1.165) is 22.4 Å². The third kappa shape index (κ3) is 4.63. The molecule has 4 aromatic rings. The first-order valence-corrected chi connectivity index (χ1v) is 10.4. The maximum Gasteiger partial charge on any atom is 0.271 e. The fraction of sp³-hybridized carbons (Fsp3) is 0.154. The summed E-state index contributed by atoms with van der Waals surface area (Å²) in [7, 11) is 1.60. The molecule has 168 valence electrons. The molecule has 6 nitrogen and oxygen atoms in total. The van der Waals surface area contributed by atoms with Gasteiger partial charge in [-0.3, -0.25) is 14.9 Å². The molecule has 0 saturated carbocycles. The van der Waals surface area contributed by atoms with Gasteiger partial charge in [-0.25, -0.2) is 4.39 Å². The summed E-state index contributed by atoms with van der Waals surface area (Å²) in [5, 5.41) is 16.0. The molecule has 0 aromatic heterocycles. The van der Waals surface area contributed by atoms with Gasteiger partial charge in [0.1, 0.15) is 17.3 Å². The van der Waals surface area contributed by atoms with Gasteiger partial charge in [-0.1, -0.05) is 36.4 Å². The number of rotatable bonds is 8. The van der Waals surface area contributed by atoms with Gasteiger partial charge < -0.3 is 15.2 Å². The van der Waals surface area contributed by atoms with Crippen LogP contribution in [0.15, 0.2) is 82.4 Å². The Bertz CT molecular complexity index is 1340. The summed E-state index contributed by atoms with van der Waals surface area (Å²) < 4.78 is 19.0. The van der Waals surface area contributed by atoms with Crippen LogP contribution in [0.5, 0.6) is 11.5 Å². The summed E-state index contributed by atoms with van der Waals surface area (Å²) in [6.45, 7) is 1.95. The Morgan fingerprint density at radius 1 is 0.879 bits per heavy atom. The van der Waals surface area contributed by atoms with E-state index in [1.165, 1.54) is 12.1 Å². The molecule has 0 fully saturated rings. The number of benzene rings is 3. The number of methoxy groups -OCH3 is 1. The Morgan fingerprint density at radius 3 is 2.24 bits per heavy atom. The minimum Gasteiger partial charge on any atom is -0.502 e. The largest absolute Gasteiger partial charge is 0.502 e. The smallest absolute Gasteiger partial charge is 0.271 e. The predicted molar refractivity (Wildman–Crippen MR) is 126 cm³/mol. The Labute approximate surface area is 190 Å². The highest BCUT2D eigenvalue weighted by Gasteiger charge is 2.22. The fourth-order valence-electron chi connectivity index (χ4n) is 3.74. The molecule has 0 aliphatic rings. The van der Waals surface area contributed by atoms with Crippen LogP contribution in [0.25, 0.3) is 0 Å². The summed E-state index contributed by atoms with van der Waals surface area (Å²) in [6, 6.07) is 20.9. The molecule has 0 amide bonds. The molecule has 0 bridgehead atoms. The van der Waals surface area contributed by atoms with Crippen molar-refractivity contribution in [2.24, 2.45) is 0 Å². The first kappa shape index (κ1) is 22.2. The van der Waals surface area contributed by atoms with E-state index < -0.39 is 16.6 Å². The van der Waals surface area contributed by atoms with E-state index in [1.807, 2.05) is 55.5 Å².